The van der Waals surface area contributed by atoms with Crippen LogP contribution in [-0.4, -0.2) is 27.5 Å². The molecule has 0 saturated heterocycles. The summed E-state index contributed by atoms with van der Waals surface area (Å²) in [5.41, 5.74) is 1.30. The van der Waals surface area contributed by atoms with Crippen molar-refractivity contribution in [2.75, 3.05) is 10.6 Å². The lowest BCUT2D eigenvalue weighted by molar-refractivity contribution is -0.116. The van der Waals surface area contributed by atoms with Gasteiger partial charge in [0, 0.05) is 16.4 Å². The molecule has 0 saturated carbocycles. The fraction of sp³-hybridized carbons (Fsp3) is 0.200. The van der Waals surface area contributed by atoms with Crippen LogP contribution in [0.4, 0.5) is 11.4 Å². The number of ether oxygens (including phenoxy) is 1. The summed E-state index contributed by atoms with van der Waals surface area (Å²) < 4.78 is 6.83. The van der Waals surface area contributed by atoms with Crippen molar-refractivity contribution in [2.24, 2.45) is 0 Å². The third-order valence-corrected chi connectivity index (χ3v) is 6.50. The predicted molar refractivity (Wildman–Crippen MR) is 139 cm³/mol. The number of rotatable bonds is 7. The van der Waals surface area contributed by atoms with Gasteiger partial charge in [-0.25, -0.2) is 4.98 Å². The van der Waals surface area contributed by atoms with E-state index in [4.69, 9.17) is 16.3 Å². The van der Waals surface area contributed by atoms with E-state index in [2.05, 4.69) is 15.6 Å². The van der Waals surface area contributed by atoms with E-state index in [9.17, 15) is 14.4 Å². The van der Waals surface area contributed by atoms with Gasteiger partial charge < -0.3 is 15.4 Å². The first-order valence-corrected chi connectivity index (χ1v) is 12.0. The van der Waals surface area contributed by atoms with E-state index in [1.807, 2.05) is 13.8 Å². The summed E-state index contributed by atoms with van der Waals surface area (Å²) in [7, 11) is 0. The summed E-state index contributed by atoms with van der Waals surface area (Å²) in [6, 6.07) is 13.7. The molecule has 180 valence electrons. The van der Waals surface area contributed by atoms with Crippen molar-refractivity contribution in [3.63, 3.8) is 0 Å². The predicted octanol–water partition coefficient (Wildman–Crippen LogP) is 5.10. The highest BCUT2D eigenvalue weighted by atomic mass is 35.5. The minimum absolute atomic E-state index is 0.0503. The second-order valence-corrected chi connectivity index (χ2v) is 9.55. The van der Waals surface area contributed by atoms with Crippen LogP contribution in [0.2, 0.25) is 5.02 Å². The normalized spacial score (nSPS) is 11.0. The number of carbonyl (C=O) groups is 2. The Labute approximate surface area is 210 Å². The van der Waals surface area contributed by atoms with E-state index >= 15 is 0 Å². The molecule has 0 aliphatic carbocycles. The zero-order valence-electron chi connectivity index (χ0n) is 19.3. The van der Waals surface area contributed by atoms with Crippen LogP contribution in [0.3, 0.4) is 0 Å². The van der Waals surface area contributed by atoms with Gasteiger partial charge in [0.1, 0.15) is 17.1 Å². The Bertz CT molecular complexity index is 1440. The Morgan fingerprint density at radius 2 is 1.69 bits per heavy atom. The number of hydrogen-bond donors (Lipinski definition) is 2. The van der Waals surface area contributed by atoms with Crippen LogP contribution in [0.5, 0.6) is 5.75 Å². The third-order valence-electron chi connectivity index (χ3n) is 5.05. The van der Waals surface area contributed by atoms with Gasteiger partial charge in [-0.15, -0.1) is 11.3 Å². The number of anilines is 2. The van der Waals surface area contributed by atoms with Crippen LogP contribution in [0, 0.1) is 6.92 Å². The van der Waals surface area contributed by atoms with Crippen LogP contribution in [-0.2, 0) is 11.3 Å². The molecule has 0 atom stereocenters. The van der Waals surface area contributed by atoms with E-state index in [-0.39, 0.29) is 30.0 Å². The molecule has 4 rings (SSSR count). The van der Waals surface area contributed by atoms with Crippen molar-refractivity contribution in [3.8, 4) is 5.75 Å². The van der Waals surface area contributed by atoms with E-state index in [1.165, 1.54) is 10.9 Å². The summed E-state index contributed by atoms with van der Waals surface area (Å²) in [5.74, 6) is -0.0199. The molecule has 0 bridgehead atoms. The van der Waals surface area contributed by atoms with Gasteiger partial charge in [0.25, 0.3) is 11.5 Å². The smallest absolute Gasteiger partial charge is 0.266 e. The van der Waals surface area contributed by atoms with E-state index < -0.39 is 0 Å². The average Bonchev–Trinajstić information content (AvgIpc) is 3.15. The molecule has 2 heterocycles. The summed E-state index contributed by atoms with van der Waals surface area (Å²) in [6.07, 6.45) is 1.37. The van der Waals surface area contributed by atoms with Gasteiger partial charge in [-0.1, -0.05) is 11.6 Å². The van der Waals surface area contributed by atoms with Gasteiger partial charge in [-0.05, 0) is 74.9 Å². The monoisotopic (exact) mass is 510 g/mol. The maximum atomic E-state index is 13.1. The molecule has 0 radical (unpaired) electrons. The number of amides is 2. The lowest BCUT2D eigenvalue weighted by Gasteiger charge is -2.11. The minimum atomic E-state index is -0.384. The summed E-state index contributed by atoms with van der Waals surface area (Å²) in [6.45, 7) is 5.35. The Morgan fingerprint density at radius 3 is 2.34 bits per heavy atom. The fourth-order valence-electron chi connectivity index (χ4n) is 3.45. The number of hydrogen-bond acceptors (Lipinski definition) is 6. The number of halogens is 1. The minimum Gasteiger partial charge on any atom is -0.491 e. The Kier molecular flexibility index (Phi) is 7.18. The van der Waals surface area contributed by atoms with Crippen molar-refractivity contribution in [2.45, 2.75) is 33.4 Å². The number of thiophene rings is 1. The van der Waals surface area contributed by atoms with Gasteiger partial charge in [0.2, 0.25) is 5.91 Å². The number of fused-ring (bicyclic) bond motifs is 1. The van der Waals surface area contributed by atoms with Crippen molar-refractivity contribution in [3.05, 3.63) is 80.7 Å². The zero-order chi connectivity index (χ0) is 25.1. The highest BCUT2D eigenvalue weighted by Crippen LogP contribution is 2.28. The number of aromatic nitrogens is 2. The molecule has 2 amide bonds. The molecule has 2 N–H and O–H groups in total. The van der Waals surface area contributed by atoms with Gasteiger partial charge >= 0.3 is 0 Å². The van der Waals surface area contributed by atoms with Crippen molar-refractivity contribution >= 4 is 56.3 Å². The molecular weight excluding hydrogens is 488 g/mol. The highest BCUT2D eigenvalue weighted by molar-refractivity contribution is 7.20. The van der Waals surface area contributed by atoms with Crippen molar-refractivity contribution in [1.29, 1.82) is 0 Å². The van der Waals surface area contributed by atoms with Crippen LogP contribution >= 0.6 is 22.9 Å². The molecule has 35 heavy (non-hydrogen) atoms. The molecule has 8 nitrogen and oxygen atoms in total. The Morgan fingerprint density at radius 1 is 1.06 bits per heavy atom. The second-order valence-electron chi connectivity index (χ2n) is 8.11. The van der Waals surface area contributed by atoms with Crippen LogP contribution in [0.15, 0.2) is 59.7 Å². The van der Waals surface area contributed by atoms with Gasteiger partial charge in [-0.2, -0.15) is 0 Å². The Balaban J connectivity index is 1.50. The maximum absolute atomic E-state index is 13.1. The van der Waals surface area contributed by atoms with Crippen LogP contribution < -0.4 is 20.9 Å². The molecular formula is C25H23ClN4O4S. The van der Waals surface area contributed by atoms with Crippen molar-refractivity contribution in [1.82, 2.24) is 9.55 Å². The number of carbonyl (C=O) groups excluding carboxylic acids is 2. The average molecular weight is 511 g/mol. The topological polar surface area (TPSA) is 102 Å². The molecule has 0 aliphatic rings. The molecule has 0 aliphatic heterocycles. The SMILES string of the molecule is Cc1c(C(=O)Nc2ccc(Cl)cc2)sc2ncn(CC(=O)Nc3ccc(OC(C)C)cc3)c(=O)c12. The Hall–Kier alpha value is -3.69. The number of benzene rings is 2. The van der Waals surface area contributed by atoms with Gasteiger partial charge in [0.15, 0.2) is 0 Å². The highest BCUT2D eigenvalue weighted by Gasteiger charge is 2.20. The molecule has 0 fully saturated rings. The van der Waals surface area contributed by atoms with E-state index in [0.717, 1.165) is 11.3 Å². The quantitative estimate of drug-likeness (QED) is 0.360. The summed E-state index contributed by atoms with van der Waals surface area (Å²) in [5, 5.41) is 6.44. The van der Waals surface area contributed by atoms with Crippen LogP contribution in [0.1, 0.15) is 29.1 Å². The van der Waals surface area contributed by atoms with E-state index in [0.29, 0.717) is 42.8 Å². The summed E-state index contributed by atoms with van der Waals surface area (Å²) in [4.78, 5) is 43.6. The van der Waals surface area contributed by atoms with Crippen molar-refractivity contribution < 1.29 is 14.3 Å². The molecule has 2 aromatic heterocycles. The lowest BCUT2D eigenvalue weighted by atomic mass is 10.2. The zero-order valence-corrected chi connectivity index (χ0v) is 20.9. The largest absolute Gasteiger partial charge is 0.491 e. The standard InChI is InChI=1S/C25H23ClN4O4S/c1-14(2)34-19-10-8-17(9-11-19)28-20(31)12-30-13-27-24-21(25(30)33)15(3)22(35-24)23(32)29-18-6-4-16(26)5-7-18/h4-11,13-14H,12H2,1-3H3,(H,28,31)(H,29,32). The number of nitrogens with zero attached hydrogens (tertiary/aromatic N) is 2. The molecule has 2 aromatic carbocycles. The number of aryl methyl sites for hydroxylation is 1. The third kappa shape index (κ3) is 5.70. The first-order valence-electron chi connectivity index (χ1n) is 10.8. The lowest BCUT2D eigenvalue weighted by Crippen LogP contribution is -2.28. The first-order chi connectivity index (χ1) is 16.7. The summed E-state index contributed by atoms with van der Waals surface area (Å²) >= 11 is 7.02. The molecule has 10 heteroatoms. The van der Waals surface area contributed by atoms with Gasteiger partial charge in [0.05, 0.1) is 22.7 Å². The first kappa shape index (κ1) is 24.4. The number of nitrogens with one attached hydrogen (secondary N) is 2. The fourth-order valence-corrected chi connectivity index (χ4v) is 4.61. The molecule has 0 spiro atoms. The molecule has 0 unspecified atom stereocenters. The van der Waals surface area contributed by atoms with Gasteiger partial charge in [-0.3, -0.25) is 19.0 Å². The van der Waals surface area contributed by atoms with E-state index in [1.54, 1.807) is 55.5 Å². The maximum Gasteiger partial charge on any atom is 0.266 e. The second kappa shape index (κ2) is 10.3. The van der Waals surface area contributed by atoms with Crippen LogP contribution in [0.25, 0.3) is 10.2 Å². The molecule has 4 aromatic rings.